The first kappa shape index (κ1) is 30.8. The zero-order chi connectivity index (χ0) is 28.3. The van der Waals surface area contributed by atoms with E-state index >= 15 is 0 Å². The van der Waals surface area contributed by atoms with Gasteiger partial charge in [0.15, 0.2) is 0 Å². The number of alkyl carbamates (subject to hydrolysis) is 1. The van der Waals surface area contributed by atoms with Crippen molar-refractivity contribution in [2.75, 3.05) is 24.7 Å². The van der Waals surface area contributed by atoms with Gasteiger partial charge in [-0.05, 0) is 69.2 Å². The third-order valence-electron chi connectivity index (χ3n) is 5.56. The Morgan fingerprint density at radius 1 is 1.08 bits per heavy atom. The van der Waals surface area contributed by atoms with Gasteiger partial charge in [-0.2, -0.15) is 12.6 Å². The lowest BCUT2D eigenvalue weighted by atomic mass is 10.0. The maximum Gasteiger partial charge on any atom is 0.408 e. The summed E-state index contributed by atoms with van der Waals surface area (Å²) in [6.45, 7) is 7.47. The van der Waals surface area contributed by atoms with Crippen LogP contribution in [0.4, 0.5) is 10.5 Å². The van der Waals surface area contributed by atoms with Crippen molar-refractivity contribution in [2.24, 2.45) is 0 Å². The number of hydrogen-bond donors (Lipinski definition) is 4. The van der Waals surface area contributed by atoms with Crippen LogP contribution in [0, 0.1) is 0 Å². The smallest absolute Gasteiger partial charge is 0.408 e. The van der Waals surface area contributed by atoms with Gasteiger partial charge in [0.25, 0.3) is 5.91 Å². The van der Waals surface area contributed by atoms with Crippen molar-refractivity contribution in [2.45, 2.75) is 64.6 Å². The minimum Gasteiger partial charge on any atom is -0.508 e. The number of methoxy groups -OCH3 is 1. The first-order valence-corrected chi connectivity index (χ1v) is 13.3. The van der Waals surface area contributed by atoms with E-state index in [1.807, 2.05) is 6.92 Å². The highest BCUT2D eigenvalue weighted by Crippen LogP contribution is 2.28. The number of carbonyl (C=O) groups excluding carboxylic acids is 3. The summed E-state index contributed by atoms with van der Waals surface area (Å²) in [6, 6.07) is 10.9. The molecule has 2 unspecified atom stereocenters. The summed E-state index contributed by atoms with van der Waals surface area (Å²) in [5, 5.41) is 15.6. The fourth-order valence-corrected chi connectivity index (χ4v) is 4.03. The number of hydrogen-bond acceptors (Lipinski definition) is 7. The summed E-state index contributed by atoms with van der Waals surface area (Å²) in [7, 11) is 1.55. The molecule has 0 aromatic heterocycles. The molecule has 0 fully saturated rings. The zero-order valence-electron chi connectivity index (χ0n) is 22.7. The number of nitrogens with one attached hydrogen (secondary N) is 2. The lowest BCUT2D eigenvalue weighted by Crippen LogP contribution is -2.53. The lowest BCUT2D eigenvalue weighted by Gasteiger charge is -2.34. The number of unbranched alkanes of at least 4 members (excludes halogenated alkanes) is 2. The molecule has 0 saturated heterocycles. The van der Waals surface area contributed by atoms with Crippen LogP contribution in [0.25, 0.3) is 0 Å². The SMILES string of the molecule is CCCCCN(C(=O)C(CS)NC(=O)OC(C)(C)C)C(C(=O)Nc1ccc(OC)cc1)c1cccc(O)c1. The van der Waals surface area contributed by atoms with E-state index in [2.05, 4.69) is 23.3 Å². The zero-order valence-corrected chi connectivity index (χ0v) is 23.6. The van der Waals surface area contributed by atoms with E-state index in [-0.39, 0.29) is 18.0 Å². The molecule has 0 saturated carbocycles. The highest BCUT2D eigenvalue weighted by atomic mass is 32.1. The van der Waals surface area contributed by atoms with Crippen LogP contribution in [0.3, 0.4) is 0 Å². The van der Waals surface area contributed by atoms with Crippen molar-refractivity contribution < 1.29 is 29.0 Å². The highest BCUT2D eigenvalue weighted by molar-refractivity contribution is 7.80. The number of amides is 3. The Kier molecular flexibility index (Phi) is 11.8. The molecule has 2 aromatic carbocycles. The molecule has 0 bridgehead atoms. The Bertz CT molecular complexity index is 1070. The summed E-state index contributed by atoms with van der Waals surface area (Å²) < 4.78 is 10.5. The number of aromatic hydroxyl groups is 1. The molecule has 0 aliphatic rings. The Balaban J connectivity index is 2.45. The largest absolute Gasteiger partial charge is 0.508 e. The van der Waals surface area contributed by atoms with E-state index in [1.54, 1.807) is 64.3 Å². The fourth-order valence-electron chi connectivity index (χ4n) is 3.79. The molecule has 208 valence electrons. The first-order valence-electron chi connectivity index (χ1n) is 12.6. The molecule has 2 atom stereocenters. The second-order valence-corrected chi connectivity index (χ2v) is 10.2. The van der Waals surface area contributed by atoms with Crippen LogP contribution in [-0.4, -0.2) is 59.0 Å². The van der Waals surface area contributed by atoms with Gasteiger partial charge in [0.05, 0.1) is 7.11 Å². The van der Waals surface area contributed by atoms with Crippen molar-refractivity contribution in [1.82, 2.24) is 10.2 Å². The number of carbonyl (C=O) groups is 3. The van der Waals surface area contributed by atoms with E-state index in [4.69, 9.17) is 9.47 Å². The van der Waals surface area contributed by atoms with E-state index in [9.17, 15) is 19.5 Å². The topological polar surface area (TPSA) is 117 Å². The predicted octanol–water partition coefficient (Wildman–Crippen LogP) is 4.92. The average molecular weight is 546 g/mol. The maximum absolute atomic E-state index is 13.9. The molecule has 0 heterocycles. The molecule has 0 radical (unpaired) electrons. The van der Waals surface area contributed by atoms with Gasteiger partial charge in [-0.1, -0.05) is 31.9 Å². The first-order chi connectivity index (χ1) is 18.0. The average Bonchev–Trinajstić information content (AvgIpc) is 2.85. The fraction of sp³-hybridized carbons (Fsp3) is 0.464. The van der Waals surface area contributed by atoms with E-state index in [0.717, 1.165) is 12.8 Å². The van der Waals surface area contributed by atoms with Gasteiger partial charge >= 0.3 is 6.09 Å². The van der Waals surface area contributed by atoms with Gasteiger partial charge in [0.2, 0.25) is 5.91 Å². The number of phenols is 1. The van der Waals surface area contributed by atoms with E-state index in [1.165, 1.54) is 17.0 Å². The van der Waals surface area contributed by atoms with E-state index < -0.39 is 35.6 Å². The van der Waals surface area contributed by atoms with Gasteiger partial charge in [-0.25, -0.2) is 4.79 Å². The number of anilines is 1. The molecule has 2 aromatic rings. The molecule has 3 N–H and O–H groups in total. The highest BCUT2D eigenvalue weighted by Gasteiger charge is 2.36. The molecular formula is C28H39N3O6S. The van der Waals surface area contributed by atoms with Gasteiger partial charge in [0, 0.05) is 18.0 Å². The molecule has 0 aliphatic heterocycles. The summed E-state index contributed by atoms with van der Waals surface area (Å²) >= 11 is 4.30. The van der Waals surface area contributed by atoms with Crippen molar-refractivity contribution in [3.05, 3.63) is 54.1 Å². The van der Waals surface area contributed by atoms with Gasteiger partial charge in [0.1, 0.15) is 29.2 Å². The molecular weight excluding hydrogens is 506 g/mol. The monoisotopic (exact) mass is 545 g/mol. The normalized spacial score (nSPS) is 12.7. The molecule has 3 amide bonds. The number of phenolic OH excluding ortho intramolecular Hbond substituents is 1. The minimum absolute atomic E-state index is 0.00475. The molecule has 0 spiro atoms. The van der Waals surface area contributed by atoms with Crippen molar-refractivity contribution in [3.63, 3.8) is 0 Å². The van der Waals surface area contributed by atoms with Crippen LogP contribution in [0.5, 0.6) is 11.5 Å². The molecule has 9 nitrogen and oxygen atoms in total. The van der Waals surface area contributed by atoms with Crippen molar-refractivity contribution in [1.29, 1.82) is 0 Å². The second kappa shape index (κ2) is 14.5. The summed E-state index contributed by atoms with van der Waals surface area (Å²) in [5.74, 6) is -0.368. The second-order valence-electron chi connectivity index (χ2n) is 9.84. The Labute approximate surface area is 230 Å². The summed E-state index contributed by atoms with van der Waals surface area (Å²) in [6.07, 6.45) is 1.62. The van der Waals surface area contributed by atoms with Crippen LogP contribution in [0.1, 0.15) is 58.6 Å². The standard InChI is InChI=1S/C28H39N3O6S/c1-6-7-8-16-31(26(34)23(18-38)30-27(35)37-28(2,3)4)24(19-10-9-11-21(32)17-19)25(33)29-20-12-14-22(36-5)15-13-20/h9-15,17,23-24,32,38H,6-8,16,18H2,1-5H3,(H,29,33)(H,30,35). The van der Waals surface area contributed by atoms with Crippen LogP contribution in [0.2, 0.25) is 0 Å². The summed E-state index contributed by atoms with van der Waals surface area (Å²) in [4.78, 5) is 41.5. The van der Waals surface area contributed by atoms with Crippen molar-refractivity contribution in [3.8, 4) is 11.5 Å². The van der Waals surface area contributed by atoms with Crippen LogP contribution in [-0.2, 0) is 14.3 Å². The van der Waals surface area contributed by atoms with Gasteiger partial charge < -0.3 is 30.1 Å². The third-order valence-corrected chi connectivity index (χ3v) is 5.93. The Morgan fingerprint density at radius 3 is 2.32 bits per heavy atom. The van der Waals surface area contributed by atoms with Crippen molar-refractivity contribution >= 4 is 36.2 Å². The third kappa shape index (κ3) is 9.48. The predicted molar refractivity (Wildman–Crippen MR) is 151 cm³/mol. The van der Waals surface area contributed by atoms with Crippen LogP contribution >= 0.6 is 12.6 Å². The number of thiol groups is 1. The number of nitrogens with zero attached hydrogens (tertiary/aromatic N) is 1. The molecule has 38 heavy (non-hydrogen) atoms. The Hall–Kier alpha value is -3.40. The number of rotatable bonds is 12. The van der Waals surface area contributed by atoms with Gasteiger partial charge in [-0.15, -0.1) is 0 Å². The van der Waals surface area contributed by atoms with Crippen LogP contribution < -0.4 is 15.4 Å². The Morgan fingerprint density at radius 2 is 1.76 bits per heavy atom. The van der Waals surface area contributed by atoms with E-state index in [0.29, 0.717) is 23.4 Å². The minimum atomic E-state index is -1.09. The molecule has 10 heteroatoms. The summed E-state index contributed by atoms with van der Waals surface area (Å²) in [5.41, 5.74) is 0.188. The lowest BCUT2D eigenvalue weighted by molar-refractivity contribution is -0.140. The molecule has 2 rings (SSSR count). The number of benzene rings is 2. The van der Waals surface area contributed by atoms with Gasteiger partial charge in [-0.3, -0.25) is 9.59 Å². The molecule has 0 aliphatic carbocycles. The maximum atomic E-state index is 13.9. The quantitative estimate of drug-likeness (QED) is 0.222. The van der Waals surface area contributed by atoms with Crippen LogP contribution in [0.15, 0.2) is 48.5 Å². The number of ether oxygens (including phenoxy) is 2.